The van der Waals surface area contributed by atoms with Gasteiger partial charge in [0.25, 0.3) is 0 Å². The van der Waals surface area contributed by atoms with Crippen LogP contribution in [0.1, 0.15) is 33.1 Å². The number of para-hydroxylation sites is 1. The number of nitrogens with zero attached hydrogens (tertiary/aromatic N) is 2. The standard InChI is InChI=1S/C19H30N4O/c1-15(2)21-19(24)23(16-7-4-3-5-8-16)12-6-11-22-17-9-10-18(22)14-20-13-17/h3-5,7-8,15,17-18,20H,6,9-14H2,1-2H3,(H,21,24)/t17-,18-/m0/s1. The minimum atomic E-state index is -0.000479. The summed E-state index contributed by atoms with van der Waals surface area (Å²) in [5.41, 5.74) is 0.971. The number of hydrogen-bond acceptors (Lipinski definition) is 3. The molecular formula is C19H30N4O. The van der Waals surface area contributed by atoms with Gasteiger partial charge in [0.15, 0.2) is 0 Å². The highest BCUT2D eigenvalue weighted by Gasteiger charge is 2.35. The molecule has 2 aliphatic heterocycles. The van der Waals surface area contributed by atoms with Gasteiger partial charge in [0.2, 0.25) is 0 Å². The normalized spacial score (nSPS) is 23.5. The van der Waals surface area contributed by atoms with Crippen LogP contribution in [0.2, 0.25) is 0 Å². The highest BCUT2D eigenvalue weighted by molar-refractivity contribution is 5.92. The number of carbonyl (C=O) groups excluding carboxylic acids is 1. The van der Waals surface area contributed by atoms with E-state index < -0.39 is 0 Å². The molecular weight excluding hydrogens is 300 g/mol. The molecule has 132 valence electrons. The largest absolute Gasteiger partial charge is 0.336 e. The summed E-state index contributed by atoms with van der Waals surface area (Å²) in [6, 6.07) is 11.5. The van der Waals surface area contributed by atoms with Gasteiger partial charge in [-0.15, -0.1) is 0 Å². The Morgan fingerprint density at radius 2 is 1.92 bits per heavy atom. The Morgan fingerprint density at radius 3 is 2.54 bits per heavy atom. The van der Waals surface area contributed by atoms with E-state index in [1.165, 1.54) is 12.8 Å². The Hall–Kier alpha value is -1.59. The number of anilines is 1. The number of piperazine rings is 1. The van der Waals surface area contributed by atoms with Crippen LogP contribution in [0, 0.1) is 0 Å². The topological polar surface area (TPSA) is 47.6 Å². The predicted molar refractivity (Wildman–Crippen MR) is 98.5 cm³/mol. The van der Waals surface area contributed by atoms with Crippen LogP contribution >= 0.6 is 0 Å². The summed E-state index contributed by atoms with van der Waals surface area (Å²) in [5, 5.41) is 6.55. The molecule has 0 aromatic heterocycles. The molecule has 2 bridgehead atoms. The maximum absolute atomic E-state index is 12.6. The van der Waals surface area contributed by atoms with E-state index in [0.29, 0.717) is 12.1 Å². The van der Waals surface area contributed by atoms with Crippen molar-refractivity contribution in [1.29, 1.82) is 0 Å². The molecule has 24 heavy (non-hydrogen) atoms. The van der Waals surface area contributed by atoms with Crippen LogP contribution in [0.3, 0.4) is 0 Å². The fraction of sp³-hybridized carbons (Fsp3) is 0.632. The number of carbonyl (C=O) groups is 1. The quantitative estimate of drug-likeness (QED) is 0.842. The van der Waals surface area contributed by atoms with E-state index in [-0.39, 0.29) is 12.1 Å². The molecule has 2 saturated heterocycles. The van der Waals surface area contributed by atoms with Crippen LogP contribution in [-0.4, -0.2) is 55.2 Å². The van der Waals surface area contributed by atoms with Gasteiger partial charge < -0.3 is 10.6 Å². The van der Waals surface area contributed by atoms with E-state index in [0.717, 1.165) is 38.3 Å². The zero-order valence-corrected chi connectivity index (χ0v) is 14.9. The molecule has 2 atom stereocenters. The van der Waals surface area contributed by atoms with E-state index in [4.69, 9.17) is 0 Å². The lowest BCUT2D eigenvalue weighted by Gasteiger charge is -2.35. The minimum absolute atomic E-state index is 0.000479. The lowest BCUT2D eigenvalue weighted by Crippen LogP contribution is -2.52. The van der Waals surface area contributed by atoms with Gasteiger partial charge in [-0.25, -0.2) is 4.79 Å². The van der Waals surface area contributed by atoms with E-state index in [1.807, 2.05) is 49.1 Å². The van der Waals surface area contributed by atoms with Crippen molar-refractivity contribution in [2.24, 2.45) is 0 Å². The number of urea groups is 1. The first-order valence-corrected chi connectivity index (χ1v) is 9.24. The predicted octanol–water partition coefficient (Wildman–Crippen LogP) is 2.44. The molecule has 0 saturated carbocycles. The summed E-state index contributed by atoms with van der Waals surface area (Å²) in [5.74, 6) is 0. The van der Waals surface area contributed by atoms with Gasteiger partial charge in [-0.2, -0.15) is 0 Å². The third-order valence-electron chi connectivity index (χ3n) is 5.05. The molecule has 2 amide bonds. The molecule has 3 rings (SSSR count). The molecule has 0 aliphatic carbocycles. The third-order valence-corrected chi connectivity index (χ3v) is 5.05. The van der Waals surface area contributed by atoms with Crippen LogP contribution < -0.4 is 15.5 Å². The molecule has 5 nitrogen and oxygen atoms in total. The molecule has 2 heterocycles. The lowest BCUT2D eigenvalue weighted by molar-refractivity contribution is 0.152. The smallest absolute Gasteiger partial charge is 0.322 e. The number of rotatable bonds is 6. The van der Waals surface area contributed by atoms with Crippen molar-refractivity contribution in [3.05, 3.63) is 30.3 Å². The Kier molecular flexibility index (Phi) is 5.74. The van der Waals surface area contributed by atoms with E-state index >= 15 is 0 Å². The molecule has 0 unspecified atom stereocenters. The fourth-order valence-corrected chi connectivity index (χ4v) is 3.93. The zero-order valence-electron chi connectivity index (χ0n) is 14.9. The van der Waals surface area contributed by atoms with Gasteiger partial charge in [0.1, 0.15) is 0 Å². The third kappa shape index (κ3) is 4.08. The van der Waals surface area contributed by atoms with Gasteiger partial charge in [-0.1, -0.05) is 18.2 Å². The molecule has 5 heteroatoms. The molecule has 2 N–H and O–H groups in total. The van der Waals surface area contributed by atoms with Crippen molar-refractivity contribution < 1.29 is 4.79 Å². The fourth-order valence-electron chi connectivity index (χ4n) is 3.93. The van der Waals surface area contributed by atoms with Crippen LogP contribution in [0.15, 0.2) is 30.3 Å². The van der Waals surface area contributed by atoms with Crippen molar-refractivity contribution in [2.45, 2.75) is 51.2 Å². The Balaban J connectivity index is 1.59. The summed E-state index contributed by atoms with van der Waals surface area (Å²) in [6.45, 7) is 8.07. The number of amides is 2. The molecule has 2 aliphatic rings. The second kappa shape index (κ2) is 7.99. The lowest BCUT2D eigenvalue weighted by atomic mass is 10.2. The van der Waals surface area contributed by atoms with Gasteiger partial charge in [0.05, 0.1) is 0 Å². The molecule has 0 spiro atoms. The number of hydrogen-bond donors (Lipinski definition) is 2. The van der Waals surface area contributed by atoms with Gasteiger partial charge in [-0.3, -0.25) is 9.80 Å². The number of nitrogens with one attached hydrogen (secondary N) is 2. The van der Waals surface area contributed by atoms with Crippen molar-refractivity contribution in [3.8, 4) is 0 Å². The summed E-state index contributed by atoms with van der Waals surface area (Å²) in [7, 11) is 0. The van der Waals surface area contributed by atoms with Crippen LogP contribution in [-0.2, 0) is 0 Å². The maximum Gasteiger partial charge on any atom is 0.322 e. The van der Waals surface area contributed by atoms with Crippen LogP contribution in [0.4, 0.5) is 10.5 Å². The van der Waals surface area contributed by atoms with Crippen molar-refractivity contribution in [3.63, 3.8) is 0 Å². The summed E-state index contributed by atoms with van der Waals surface area (Å²) in [4.78, 5) is 17.1. The first-order chi connectivity index (χ1) is 11.6. The van der Waals surface area contributed by atoms with Crippen molar-refractivity contribution in [1.82, 2.24) is 15.5 Å². The first-order valence-electron chi connectivity index (χ1n) is 9.24. The molecule has 1 aromatic rings. The second-order valence-corrected chi connectivity index (χ2v) is 7.23. The summed E-state index contributed by atoms with van der Waals surface area (Å²) < 4.78 is 0. The molecule has 2 fully saturated rings. The van der Waals surface area contributed by atoms with Gasteiger partial charge in [0, 0.05) is 50.0 Å². The molecule has 0 radical (unpaired) electrons. The second-order valence-electron chi connectivity index (χ2n) is 7.23. The summed E-state index contributed by atoms with van der Waals surface area (Å²) in [6.07, 6.45) is 3.63. The van der Waals surface area contributed by atoms with Crippen molar-refractivity contribution in [2.75, 3.05) is 31.1 Å². The van der Waals surface area contributed by atoms with Crippen LogP contribution in [0.5, 0.6) is 0 Å². The Morgan fingerprint density at radius 1 is 1.25 bits per heavy atom. The van der Waals surface area contributed by atoms with Gasteiger partial charge in [-0.05, 0) is 45.2 Å². The average molecular weight is 330 g/mol. The highest BCUT2D eigenvalue weighted by Crippen LogP contribution is 2.26. The molecule has 1 aromatic carbocycles. The van der Waals surface area contributed by atoms with Crippen molar-refractivity contribution >= 4 is 11.7 Å². The van der Waals surface area contributed by atoms with E-state index in [1.54, 1.807) is 0 Å². The minimum Gasteiger partial charge on any atom is -0.336 e. The summed E-state index contributed by atoms with van der Waals surface area (Å²) >= 11 is 0. The van der Waals surface area contributed by atoms with Gasteiger partial charge >= 0.3 is 6.03 Å². The SMILES string of the molecule is CC(C)NC(=O)N(CCCN1[C@H]2CC[C@H]1CNC2)c1ccccc1. The Labute approximate surface area is 145 Å². The maximum atomic E-state index is 12.6. The highest BCUT2D eigenvalue weighted by atomic mass is 16.2. The monoisotopic (exact) mass is 330 g/mol. The number of benzene rings is 1. The first kappa shape index (κ1) is 17.2. The number of fused-ring (bicyclic) bond motifs is 2. The van der Waals surface area contributed by atoms with E-state index in [9.17, 15) is 4.79 Å². The zero-order chi connectivity index (χ0) is 16.9. The Bertz CT molecular complexity index is 517. The van der Waals surface area contributed by atoms with Crippen LogP contribution in [0.25, 0.3) is 0 Å². The average Bonchev–Trinajstić information content (AvgIpc) is 2.79. The van der Waals surface area contributed by atoms with E-state index in [2.05, 4.69) is 15.5 Å².